The van der Waals surface area contributed by atoms with E-state index in [1.165, 1.54) is 0 Å². The first-order valence-electron chi connectivity index (χ1n) is 9.36. The van der Waals surface area contributed by atoms with E-state index < -0.39 is 12.1 Å². The van der Waals surface area contributed by atoms with Crippen LogP contribution >= 0.6 is 11.6 Å². The standard InChI is InChI=1S/C21H22ClN3O3/c22-15-3-1-2-14(8-15)11-23-16-10-19-20(27)24-18(21(28)25(19)12-16)9-13-4-6-17(26)7-5-13/h1-8,16,18-19,23,26H,9-12H2,(H,24,27)/t16-,18-,19-/m0/s1. The van der Waals surface area contributed by atoms with Crippen molar-refractivity contribution < 1.29 is 14.7 Å². The van der Waals surface area contributed by atoms with Crippen molar-refractivity contribution in [3.63, 3.8) is 0 Å². The SMILES string of the molecule is O=C1N[C@@H](Cc2ccc(O)cc2)C(=O)N2C[C@@H](NCc3cccc(Cl)c3)C[C@@H]12. The Morgan fingerprint density at radius 3 is 2.68 bits per heavy atom. The molecule has 0 saturated carbocycles. The van der Waals surface area contributed by atoms with Crippen LogP contribution in [0.4, 0.5) is 0 Å². The number of amides is 2. The Morgan fingerprint density at radius 2 is 1.93 bits per heavy atom. The van der Waals surface area contributed by atoms with Crippen molar-refractivity contribution in [3.05, 3.63) is 64.7 Å². The van der Waals surface area contributed by atoms with E-state index in [0.717, 1.165) is 11.1 Å². The van der Waals surface area contributed by atoms with E-state index in [1.54, 1.807) is 29.2 Å². The number of phenolic OH excluding ortho intramolecular Hbond substituents is 1. The molecule has 0 aromatic heterocycles. The van der Waals surface area contributed by atoms with Gasteiger partial charge in [-0.3, -0.25) is 9.59 Å². The summed E-state index contributed by atoms with van der Waals surface area (Å²) >= 11 is 6.02. The Morgan fingerprint density at radius 1 is 1.14 bits per heavy atom. The maximum absolute atomic E-state index is 12.9. The van der Waals surface area contributed by atoms with E-state index in [2.05, 4.69) is 10.6 Å². The van der Waals surface area contributed by atoms with Gasteiger partial charge in [-0.2, -0.15) is 0 Å². The van der Waals surface area contributed by atoms with Gasteiger partial charge >= 0.3 is 0 Å². The van der Waals surface area contributed by atoms with Crippen LogP contribution < -0.4 is 10.6 Å². The average Bonchev–Trinajstić information content (AvgIpc) is 3.11. The number of carbonyl (C=O) groups is 2. The molecule has 7 heteroatoms. The van der Waals surface area contributed by atoms with Crippen molar-refractivity contribution >= 4 is 23.4 Å². The molecule has 2 fully saturated rings. The van der Waals surface area contributed by atoms with Crippen molar-refractivity contribution in [3.8, 4) is 5.75 Å². The van der Waals surface area contributed by atoms with E-state index in [-0.39, 0.29) is 23.6 Å². The molecular weight excluding hydrogens is 378 g/mol. The number of nitrogens with zero attached hydrogens (tertiary/aromatic N) is 1. The predicted octanol–water partition coefficient (Wildman–Crippen LogP) is 1.85. The van der Waals surface area contributed by atoms with Gasteiger partial charge in [0.25, 0.3) is 0 Å². The third kappa shape index (κ3) is 3.98. The van der Waals surface area contributed by atoms with E-state index in [9.17, 15) is 14.7 Å². The van der Waals surface area contributed by atoms with Crippen molar-refractivity contribution in [2.75, 3.05) is 6.54 Å². The molecule has 2 aliphatic rings. The van der Waals surface area contributed by atoms with Gasteiger partial charge in [-0.25, -0.2) is 0 Å². The van der Waals surface area contributed by atoms with Gasteiger partial charge in [-0.15, -0.1) is 0 Å². The summed E-state index contributed by atoms with van der Waals surface area (Å²) < 4.78 is 0. The maximum atomic E-state index is 12.9. The molecule has 28 heavy (non-hydrogen) atoms. The molecule has 0 aliphatic carbocycles. The Hall–Kier alpha value is -2.57. The number of fused-ring (bicyclic) bond motifs is 1. The summed E-state index contributed by atoms with van der Waals surface area (Å²) in [6.07, 6.45) is 1.01. The molecule has 0 unspecified atom stereocenters. The summed E-state index contributed by atoms with van der Waals surface area (Å²) in [5.41, 5.74) is 1.96. The van der Waals surface area contributed by atoms with Crippen LogP contribution in [0.5, 0.6) is 5.75 Å². The minimum atomic E-state index is -0.569. The first-order valence-corrected chi connectivity index (χ1v) is 9.74. The maximum Gasteiger partial charge on any atom is 0.246 e. The summed E-state index contributed by atoms with van der Waals surface area (Å²) in [7, 11) is 0. The van der Waals surface area contributed by atoms with E-state index in [0.29, 0.717) is 31.0 Å². The lowest BCUT2D eigenvalue weighted by Gasteiger charge is -2.34. The van der Waals surface area contributed by atoms with Crippen LogP contribution in [0.15, 0.2) is 48.5 Å². The Labute approximate surface area is 168 Å². The zero-order valence-electron chi connectivity index (χ0n) is 15.3. The minimum Gasteiger partial charge on any atom is -0.508 e. The van der Waals surface area contributed by atoms with Crippen molar-refractivity contribution in [1.82, 2.24) is 15.5 Å². The molecule has 0 radical (unpaired) electrons. The second kappa shape index (κ2) is 7.81. The number of rotatable bonds is 5. The Bertz CT molecular complexity index is 887. The third-order valence-corrected chi connectivity index (χ3v) is 5.60. The van der Waals surface area contributed by atoms with E-state index in [4.69, 9.17) is 11.6 Å². The lowest BCUT2D eigenvalue weighted by molar-refractivity contribution is -0.147. The molecule has 0 bridgehead atoms. The third-order valence-electron chi connectivity index (χ3n) is 5.36. The van der Waals surface area contributed by atoms with Gasteiger partial charge in [0.2, 0.25) is 11.8 Å². The van der Waals surface area contributed by atoms with Crippen molar-refractivity contribution in [2.24, 2.45) is 0 Å². The number of piperazine rings is 1. The molecule has 2 aliphatic heterocycles. The molecular formula is C21H22ClN3O3. The van der Waals surface area contributed by atoms with E-state index in [1.807, 2.05) is 24.3 Å². The van der Waals surface area contributed by atoms with Crippen LogP contribution in [0.2, 0.25) is 5.02 Å². The van der Waals surface area contributed by atoms with Gasteiger partial charge in [-0.1, -0.05) is 35.9 Å². The highest BCUT2D eigenvalue weighted by Crippen LogP contribution is 2.24. The fraction of sp³-hybridized carbons (Fsp3) is 0.333. The zero-order valence-corrected chi connectivity index (χ0v) is 16.0. The number of hydrogen-bond donors (Lipinski definition) is 3. The first kappa shape index (κ1) is 18.8. The Kier molecular flexibility index (Phi) is 5.24. The number of aromatic hydroxyl groups is 1. The van der Waals surface area contributed by atoms with Gasteiger partial charge in [0.05, 0.1) is 0 Å². The molecule has 0 spiro atoms. The monoisotopic (exact) mass is 399 g/mol. The van der Waals surface area contributed by atoms with Gasteiger partial charge < -0.3 is 20.6 Å². The summed E-state index contributed by atoms with van der Waals surface area (Å²) in [4.78, 5) is 27.1. The van der Waals surface area contributed by atoms with Crippen LogP contribution in [0.3, 0.4) is 0 Å². The number of benzene rings is 2. The molecule has 146 valence electrons. The summed E-state index contributed by atoms with van der Waals surface area (Å²) in [6.45, 7) is 1.15. The Balaban J connectivity index is 1.39. The molecule has 3 atom stereocenters. The normalized spacial score (nSPS) is 24.2. The van der Waals surface area contributed by atoms with Gasteiger partial charge in [0.15, 0.2) is 0 Å². The molecule has 4 rings (SSSR count). The van der Waals surface area contributed by atoms with Crippen LogP contribution in [0.1, 0.15) is 17.5 Å². The molecule has 3 N–H and O–H groups in total. The quantitative estimate of drug-likeness (QED) is 0.716. The topological polar surface area (TPSA) is 81.7 Å². The fourth-order valence-corrected chi connectivity index (χ4v) is 4.13. The second-order valence-electron chi connectivity index (χ2n) is 7.38. The fourth-order valence-electron chi connectivity index (χ4n) is 3.92. The van der Waals surface area contributed by atoms with Crippen molar-refractivity contribution in [2.45, 2.75) is 37.5 Å². The molecule has 2 heterocycles. The van der Waals surface area contributed by atoms with Crippen LogP contribution in [0.25, 0.3) is 0 Å². The first-order chi connectivity index (χ1) is 13.5. The lowest BCUT2D eigenvalue weighted by atomic mass is 10.0. The smallest absolute Gasteiger partial charge is 0.246 e. The van der Waals surface area contributed by atoms with Crippen LogP contribution in [0, 0.1) is 0 Å². The lowest BCUT2D eigenvalue weighted by Crippen LogP contribution is -2.61. The van der Waals surface area contributed by atoms with Gasteiger partial charge in [0, 0.05) is 30.6 Å². The highest BCUT2D eigenvalue weighted by atomic mass is 35.5. The van der Waals surface area contributed by atoms with Crippen molar-refractivity contribution in [1.29, 1.82) is 0 Å². The summed E-state index contributed by atoms with van der Waals surface area (Å²) in [5.74, 6) is 0.0242. The number of hydrogen-bond acceptors (Lipinski definition) is 4. The molecule has 2 aromatic carbocycles. The van der Waals surface area contributed by atoms with E-state index >= 15 is 0 Å². The molecule has 2 saturated heterocycles. The average molecular weight is 400 g/mol. The predicted molar refractivity (Wildman–Crippen MR) is 106 cm³/mol. The molecule has 2 amide bonds. The minimum absolute atomic E-state index is 0.0512. The summed E-state index contributed by atoms with van der Waals surface area (Å²) in [5, 5.41) is 16.4. The molecule has 6 nitrogen and oxygen atoms in total. The highest BCUT2D eigenvalue weighted by molar-refractivity contribution is 6.30. The number of nitrogens with one attached hydrogen (secondary N) is 2. The van der Waals surface area contributed by atoms with Gasteiger partial charge in [0.1, 0.15) is 17.8 Å². The largest absolute Gasteiger partial charge is 0.508 e. The summed E-state index contributed by atoms with van der Waals surface area (Å²) in [6, 6.07) is 13.4. The molecule has 2 aromatic rings. The number of carbonyl (C=O) groups excluding carboxylic acids is 2. The number of halogens is 1. The highest BCUT2D eigenvalue weighted by Gasteiger charge is 2.46. The zero-order chi connectivity index (χ0) is 19.7. The number of phenols is 1. The van der Waals surface area contributed by atoms with Crippen LogP contribution in [-0.4, -0.2) is 46.5 Å². The van der Waals surface area contributed by atoms with Crippen LogP contribution in [-0.2, 0) is 22.6 Å². The van der Waals surface area contributed by atoms with Gasteiger partial charge in [-0.05, 0) is 41.8 Å². The second-order valence-corrected chi connectivity index (χ2v) is 7.82.